The molecule has 1 spiro atoms. The quantitative estimate of drug-likeness (QED) is 0.742. The number of hydrogen-bond acceptors (Lipinski definition) is 5. The van der Waals surface area contributed by atoms with Crippen LogP contribution in [0.4, 0.5) is 4.79 Å². The number of carbonyl (C=O) groups is 1. The minimum Gasteiger partial charge on any atom is -0.441 e. The number of thioether (sulfide) groups is 1. The Hall–Kier alpha value is -0.960. The number of sulfonamides is 1. The Labute approximate surface area is 151 Å². The Morgan fingerprint density at radius 1 is 1.29 bits per heavy atom. The van der Waals surface area contributed by atoms with Crippen molar-refractivity contribution in [2.24, 2.45) is 0 Å². The summed E-state index contributed by atoms with van der Waals surface area (Å²) in [6, 6.07) is 4.80. The second-order valence-electron chi connectivity index (χ2n) is 6.11. The van der Waals surface area contributed by atoms with Gasteiger partial charge in [0.25, 0.3) is 0 Å². The molecule has 3 rings (SSSR count). The number of hydrogen-bond donors (Lipinski definition) is 0. The predicted molar refractivity (Wildman–Crippen MR) is 93.1 cm³/mol. The molecule has 132 valence electrons. The molecule has 2 saturated heterocycles. The molecule has 0 unspecified atom stereocenters. The average molecular weight is 391 g/mol. The molecule has 0 N–H and O–H groups in total. The normalized spacial score (nSPS) is 21.3. The van der Waals surface area contributed by atoms with E-state index in [1.807, 2.05) is 6.26 Å². The Bertz CT molecular complexity index is 761. The minimum atomic E-state index is -3.60. The molecule has 0 bridgehead atoms. The van der Waals surface area contributed by atoms with Gasteiger partial charge in [-0.1, -0.05) is 11.6 Å². The maximum Gasteiger partial charge on any atom is 0.410 e. The van der Waals surface area contributed by atoms with Crippen molar-refractivity contribution in [1.82, 2.24) is 9.21 Å². The number of amides is 1. The lowest BCUT2D eigenvalue weighted by Gasteiger charge is -2.36. The topological polar surface area (TPSA) is 66.9 Å². The number of piperidine rings is 1. The van der Waals surface area contributed by atoms with Crippen molar-refractivity contribution in [3.05, 3.63) is 23.2 Å². The third-order valence-electron chi connectivity index (χ3n) is 4.54. The molecule has 2 heterocycles. The van der Waals surface area contributed by atoms with Gasteiger partial charge in [-0.2, -0.15) is 4.31 Å². The number of carbonyl (C=O) groups excluding carboxylic acids is 1. The first kappa shape index (κ1) is 17.8. The van der Waals surface area contributed by atoms with Crippen LogP contribution in [0.1, 0.15) is 12.8 Å². The number of likely N-dealkylation sites (N-methyl/N-ethyl adjacent to an activating group) is 1. The molecule has 24 heavy (non-hydrogen) atoms. The summed E-state index contributed by atoms with van der Waals surface area (Å²) in [7, 11) is -1.91. The summed E-state index contributed by atoms with van der Waals surface area (Å²) >= 11 is 7.61. The van der Waals surface area contributed by atoms with Gasteiger partial charge in [-0.15, -0.1) is 11.8 Å². The first-order valence-electron chi connectivity index (χ1n) is 7.55. The summed E-state index contributed by atoms with van der Waals surface area (Å²) in [6.45, 7) is 1.16. The van der Waals surface area contributed by atoms with Crippen molar-refractivity contribution in [2.45, 2.75) is 28.2 Å². The van der Waals surface area contributed by atoms with E-state index in [-0.39, 0.29) is 11.0 Å². The Morgan fingerprint density at radius 2 is 1.96 bits per heavy atom. The van der Waals surface area contributed by atoms with Crippen LogP contribution in [-0.4, -0.2) is 62.3 Å². The lowest BCUT2D eigenvalue weighted by atomic mass is 9.92. The molecule has 0 aromatic heterocycles. The molecule has 6 nitrogen and oxygen atoms in total. The predicted octanol–water partition coefficient (Wildman–Crippen LogP) is 2.67. The Kier molecular flexibility index (Phi) is 4.76. The van der Waals surface area contributed by atoms with Crippen LogP contribution in [0.3, 0.4) is 0 Å². The molecular weight excluding hydrogens is 372 g/mol. The average Bonchev–Trinajstić information content (AvgIpc) is 2.81. The second-order valence-corrected chi connectivity index (χ2v) is 9.30. The SMILES string of the molecule is CSc1ccc(S(=O)(=O)N2CCC3(CC2)CN(C)C(=O)O3)cc1Cl. The summed E-state index contributed by atoms with van der Waals surface area (Å²) in [4.78, 5) is 14.2. The smallest absolute Gasteiger partial charge is 0.410 e. The van der Waals surface area contributed by atoms with Gasteiger partial charge in [0.2, 0.25) is 10.0 Å². The van der Waals surface area contributed by atoms with Crippen LogP contribution < -0.4 is 0 Å². The third-order valence-corrected chi connectivity index (χ3v) is 7.65. The first-order chi connectivity index (χ1) is 11.3. The minimum absolute atomic E-state index is 0.196. The summed E-state index contributed by atoms with van der Waals surface area (Å²) in [6.07, 6.45) is 2.54. The van der Waals surface area contributed by atoms with Crippen molar-refractivity contribution < 1.29 is 17.9 Å². The molecule has 1 aromatic carbocycles. The fourth-order valence-electron chi connectivity index (χ4n) is 3.14. The zero-order valence-electron chi connectivity index (χ0n) is 13.5. The van der Waals surface area contributed by atoms with Gasteiger partial charge < -0.3 is 9.64 Å². The highest BCUT2D eigenvalue weighted by molar-refractivity contribution is 7.98. The van der Waals surface area contributed by atoms with Crippen LogP contribution in [0.2, 0.25) is 5.02 Å². The molecule has 2 aliphatic heterocycles. The van der Waals surface area contributed by atoms with Gasteiger partial charge in [0.05, 0.1) is 16.5 Å². The second kappa shape index (κ2) is 6.40. The fraction of sp³-hybridized carbons (Fsp3) is 0.533. The van der Waals surface area contributed by atoms with E-state index >= 15 is 0 Å². The van der Waals surface area contributed by atoms with E-state index in [0.29, 0.717) is 37.5 Å². The van der Waals surface area contributed by atoms with Crippen LogP contribution in [0, 0.1) is 0 Å². The van der Waals surface area contributed by atoms with Crippen molar-refractivity contribution in [2.75, 3.05) is 32.9 Å². The largest absolute Gasteiger partial charge is 0.441 e. The first-order valence-corrected chi connectivity index (χ1v) is 10.6. The molecule has 2 fully saturated rings. The zero-order valence-corrected chi connectivity index (χ0v) is 15.9. The van der Waals surface area contributed by atoms with Gasteiger partial charge >= 0.3 is 6.09 Å². The van der Waals surface area contributed by atoms with Gasteiger partial charge in [-0.05, 0) is 24.5 Å². The maximum atomic E-state index is 12.8. The molecule has 0 atom stereocenters. The van der Waals surface area contributed by atoms with Gasteiger partial charge in [0, 0.05) is 37.9 Å². The van der Waals surface area contributed by atoms with E-state index in [1.54, 1.807) is 19.2 Å². The molecule has 0 saturated carbocycles. The van der Waals surface area contributed by atoms with Gasteiger partial charge in [-0.25, -0.2) is 13.2 Å². The highest BCUT2D eigenvalue weighted by Gasteiger charge is 2.47. The molecule has 2 aliphatic rings. The number of ether oxygens (including phenoxy) is 1. The monoisotopic (exact) mass is 390 g/mol. The Balaban J connectivity index is 1.76. The number of rotatable bonds is 3. The lowest BCUT2D eigenvalue weighted by molar-refractivity contribution is 0.0172. The summed E-state index contributed by atoms with van der Waals surface area (Å²) in [5.74, 6) is 0. The number of halogens is 1. The van der Waals surface area contributed by atoms with Crippen molar-refractivity contribution in [1.29, 1.82) is 0 Å². The highest BCUT2D eigenvalue weighted by atomic mass is 35.5. The molecule has 1 amide bonds. The van der Waals surface area contributed by atoms with Crippen molar-refractivity contribution in [3.8, 4) is 0 Å². The van der Waals surface area contributed by atoms with Crippen molar-refractivity contribution in [3.63, 3.8) is 0 Å². The molecule has 0 aliphatic carbocycles. The lowest BCUT2D eigenvalue weighted by Crippen LogP contribution is -2.48. The number of nitrogens with zero attached hydrogens (tertiary/aromatic N) is 2. The van der Waals surface area contributed by atoms with Gasteiger partial charge in [0.1, 0.15) is 5.60 Å². The number of benzene rings is 1. The van der Waals surface area contributed by atoms with Crippen LogP contribution in [0.5, 0.6) is 0 Å². The van der Waals surface area contributed by atoms with Crippen LogP contribution in [-0.2, 0) is 14.8 Å². The van der Waals surface area contributed by atoms with Gasteiger partial charge in [-0.3, -0.25) is 0 Å². The van der Waals surface area contributed by atoms with E-state index in [4.69, 9.17) is 16.3 Å². The third kappa shape index (κ3) is 3.12. The fourth-order valence-corrected chi connectivity index (χ4v) is 5.55. The van der Waals surface area contributed by atoms with Crippen LogP contribution in [0.25, 0.3) is 0 Å². The molecule has 9 heteroatoms. The van der Waals surface area contributed by atoms with Crippen LogP contribution in [0.15, 0.2) is 28.0 Å². The highest BCUT2D eigenvalue weighted by Crippen LogP contribution is 2.35. The summed E-state index contributed by atoms with van der Waals surface area (Å²) < 4.78 is 32.5. The van der Waals surface area contributed by atoms with Gasteiger partial charge in [0.15, 0.2) is 0 Å². The van der Waals surface area contributed by atoms with E-state index in [2.05, 4.69) is 0 Å². The molecular formula is C15H19ClN2O4S2. The van der Waals surface area contributed by atoms with Crippen LogP contribution >= 0.6 is 23.4 Å². The van der Waals surface area contributed by atoms with Crippen molar-refractivity contribution >= 4 is 39.5 Å². The zero-order chi connectivity index (χ0) is 17.5. The standard InChI is InChI=1S/C15H19ClN2O4S2/c1-17-10-15(22-14(17)19)5-7-18(8-6-15)24(20,21)11-3-4-13(23-2)12(16)9-11/h3-4,9H,5-8,10H2,1-2H3. The van der Waals surface area contributed by atoms with E-state index in [9.17, 15) is 13.2 Å². The summed E-state index contributed by atoms with van der Waals surface area (Å²) in [5, 5.41) is 0.434. The van der Waals surface area contributed by atoms with E-state index in [1.165, 1.54) is 27.0 Å². The summed E-state index contributed by atoms with van der Waals surface area (Å²) in [5.41, 5.74) is -0.557. The van der Waals surface area contributed by atoms with E-state index < -0.39 is 15.6 Å². The van der Waals surface area contributed by atoms with E-state index in [0.717, 1.165) is 4.90 Å². The Morgan fingerprint density at radius 3 is 2.46 bits per heavy atom. The maximum absolute atomic E-state index is 12.8. The molecule has 0 radical (unpaired) electrons. The molecule has 1 aromatic rings.